The van der Waals surface area contributed by atoms with Crippen molar-refractivity contribution in [1.82, 2.24) is 15.3 Å². The van der Waals surface area contributed by atoms with Crippen LogP contribution in [0.15, 0.2) is 72.4 Å². The molecule has 31 heavy (non-hydrogen) atoms. The Balaban J connectivity index is 1.41. The minimum Gasteiger partial charge on any atom is -0.489 e. The first-order valence-electron chi connectivity index (χ1n) is 9.39. The van der Waals surface area contributed by atoms with Crippen molar-refractivity contribution in [2.75, 3.05) is 0 Å². The fourth-order valence-electron chi connectivity index (χ4n) is 2.81. The lowest BCUT2D eigenvalue weighted by Crippen LogP contribution is -2.23. The van der Waals surface area contributed by atoms with Crippen LogP contribution in [0.25, 0.3) is 10.6 Å². The average molecular weight is 454 g/mol. The highest BCUT2D eigenvalue weighted by Gasteiger charge is 2.14. The van der Waals surface area contributed by atoms with Gasteiger partial charge in [-0.15, -0.1) is 11.3 Å². The van der Waals surface area contributed by atoms with Crippen LogP contribution in [0.2, 0.25) is 5.02 Å². The zero-order chi connectivity index (χ0) is 21.6. The number of aromatic nitrogens is 2. The molecule has 8 heteroatoms. The highest BCUT2D eigenvalue weighted by molar-refractivity contribution is 7.13. The van der Waals surface area contributed by atoms with Crippen LogP contribution in [-0.4, -0.2) is 15.9 Å². The molecular weight excluding hydrogens is 437 g/mol. The molecule has 0 saturated heterocycles. The van der Waals surface area contributed by atoms with Crippen molar-refractivity contribution in [3.8, 4) is 16.3 Å². The number of carbonyl (C=O) groups excluding carboxylic acids is 1. The van der Waals surface area contributed by atoms with E-state index < -0.39 is 0 Å². The van der Waals surface area contributed by atoms with Gasteiger partial charge in [0.05, 0.1) is 5.02 Å². The summed E-state index contributed by atoms with van der Waals surface area (Å²) in [6.07, 6.45) is 3.35. The quantitative estimate of drug-likeness (QED) is 0.401. The lowest BCUT2D eigenvalue weighted by Gasteiger charge is -2.09. The van der Waals surface area contributed by atoms with Gasteiger partial charge in [0.2, 0.25) is 0 Å². The molecule has 4 rings (SSSR count). The average Bonchev–Trinajstić information content (AvgIpc) is 3.28. The van der Waals surface area contributed by atoms with Crippen LogP contribution in [-0.2, 0) is 13.2 Å². The summed E-state index contributed by atoms with van der Waals surface area (Å²) in [5.41, 5.74) is 2.43. The van der Waals surface area contributed by atoms with Gasteiger partial charge in [-0.3, -0.25) is 9.78 Å². The van der Waals surface area contributed by atoms with Crippen LogP contribution in [0.4, 0.5) is 4.39 Å². The van der Waals surface area contributed by atoms with Gasteiger partial charge < -0.3 is 10.1 Å². The number of ether oxygens (including phenoxy) is 1. The van der Waals surface area contributed by atoms with Gasteiger partial charge in [0.15, 0.2) is 0 Å². The fraction of sp³-hybridized carbons (Fsp3) is 0.0870. The summed E-state index contributed by atoms with van der Waals surface area (Å²) >= 11 is 7.74. The molecular formula is C23H17ClFN3O2S. The summed E-state index contributed by atoms with van der Waals surface area (Å²) in [4.78, 5) is 20.7. The zero-order valence-electron chi connectivity index (χ0n) is 16.2. The van der Waals surface area contributed by atoms with E-state index in [-0.39, 0.29) is 18.3 Å². The molecule has 0 bridgehead atoms. The van der Waals surface area contributed by atoms with Crippen molar-refractivity contribution in [3.05, 3.63) is 100 Å². The molecule has 0 fully saturated rings. The molecule has 4 aromatic rings. The number of hydrogen-bond donors (Lipinski definition) is 1. The molecule has 0 aliphatic rings. The van der Waals surface area contributed by atoms with Gasteiger partial charge in [0, 0.05) is 35.4 Å². The second-order valence-electron chi connectivity index (χ2n) is 6.60. The van der Waals surface area contributed by atoms with Gasteiger partial charge in [-0.25, -0.2) is 9.37 Å². The molecule has 0 unspecified atom stereocenters. The molecule has 0 spiro atoms. The first-order chi connectivity index (χ1) is 15.1. The third kappa shape index (κ3) is 5.25. The number of carbonyl (C=O) groups is 1. The van der Waals surface area contributed by atoms with Gasteiger partial charge in [-0.05, 0) is 42.0 Å². The molecule has 0 saturated carbocycles. The Morgan fingerprint density at radius 3 is 2.71 bits per heavy atom. The van der Waals surface area contributed by atoms with Crippen molar-refractivity contribution < 1.29 is 13.9 Å². The first-order valence-corrected chi connectivity index (χ1v) is 10.6. The standard InChI is InChI=1S/C23H17ClFN3O2S/c24-19-11-17(30-13-16-3-1-2-4-20(16)25)5-6-18(19)23-28-21(14-31-23)22(29)27-12-15-7-9-26-10-8-15/h1-11,14H,12-13H2,(H,27,29). The SMILES string of the molecule is O=C(NCc1ccncc1)c1csc(-c2ccc(OCc3ccccc3F)cc2Cl)n1. The Labute approximate surface area is 187 Å². The number of hydrogen-bond acceptors (Lipinski definition) is 5. The van der Waals surface area contributed by atoms with Gasteiger partial charge in [0.1, 0.15) is 28.9 Å². The van der Waals surface area contributed by atoms with E-state index in [1.807, 2.05) is 12.1 Å². The van der Waals surface area contributed by atoms with E-state index in [2.05, 4.69) is 15.3 Å². The Morgan fingerprint density at radius 1 is 1.13 bits per heavy atom. The number of nitrogens with one attached hydrogen (secondary N) is 1. The number of benzene rings is 2. The van der Waals surface area contributed by atoms with Crippen molar-refractivity contribution in [2.45, 2.75) is 13.2 Å². The first kappa shape index (κ1) is 21.0. The lowest BCUT2D eigenvalue weighted by atomic mass is 10.2. The van der Waals surface area contributed by atoms with Crippen molar-refractivity contribution in [2.24, 2.45) is 0 Å². The Hall–Kier alpha value is -3.29. The Kier molecular flexibility index (Phi) is 6.54. The van der Waals surface area contributed by atoms with Crippen LogP contribution in [0, 0.1) is 5.82 Å². The van der Waals surface area contributed by atoms with E-state index in [9.17, 15) is 9.18 Å². The lowest BCUT2D eigenvalue weighted by molar-refractivity contribution is 0.0946. The third-order valence-electron chi connectivity index (χ3n) is 4.46. The van der Waals surface area contributed by atoms with E-state index in [1.165, 1.54) is 17.4 Å². The van der Waals surface area contributed by atoms with E-state index >= 15 is 0 Å². The highest BCUT2D eigenvalue weighted by Crippen LogP contribution is 2.33. The van der Waals surface area contributed by atoms with E-state index in [0.29, 0.717) is 39.1 Å². The zero-order valence-corrected chi connectivity index (χ0v) is 17.8. The van der Waals surface area contributed by atoms with Gasteiger partial charge in [-0.2, -0.15) is 0 Å². The minimum absolute atomic E-state index is 0.0986. The smallest absolute Gasteiger partial charge is 0.271 e. The van der Waals surface area contributed by atoms with Crippen molar-refractivity contribution in [3.63, 3.8) is 0 Å². The number of amides is 1. The summed E-state index contributed by atoms with van der Waals surface area (Å²) in [6.45, 7) is 0.490. The van der Waals surface area contributed by atoms with Crippen LogP contribution in [0.3, 0.4) is 0 Å². The van der Waals surface area contributed by atoms with Gasteiger partial charge in [0.25, 0.3) is 5.91 Å². The topological polar surface area (TPSA) is 64.1 Å². The number of rotatable bonds is 7. The Bertz CT molecular complexity index is 1200. The molecule has 0 radical (unpaired) electrons. The largest absolute Gasteiger partial charge is 0.489 e. The summed E-state index contributed by atoms with van der Waals surface area (Å²) in [7, 11) is 0. The van der Waals surface area contributed by atoms with Crippen LogP contribution in [0.5, 0.6) is 5.75 Å². The maximum Gasteiger partial charge on any atom is 0.271 e. The maximum atomic E-state index is 13.7. The van der Waals surface area contributed by atoms with Gasteiger partial charge in [-0.1, -0.05) is 29.8 Å². The van der Waals surface area contributed by atoms with Crippen LogP contribution < -0.4 is 10.1 Å². The number of thiazole rings is 1. The number of pyridine rings is 1. The summed E-state index contributed by atoms with van der Waals surface area (Å²) in [5.74, 6) is -0.0631. The molecule has 0 aliphatic heterocycles. The minimum atomic E-state index is -0.317. The molecule has 1 amide bonds. The van der Waals surface area contributed by atoms with Gasteiger partial charge >= 0.3 is 0 Å². The van der Waals surface area contributed by atoms with E-state index in [0.717, 1.165) is 5.56 Å². The molecule has 2 aromatic carbocycles. The highest BCUT2D eigenvalue weighted by atomic mass is 35.5. The van der Waals surface area contributed by atoms with Crippen molar-refractivity contribution in [1.29, 1.82) is 0 Å². The second kappa shape index (κ2) is 9.68. The molecule has 2 aromatic heterocycles. The molecule has 0 aliphatic carbocycles. The maximum absolute atomic E-state index is 13.7. The molecule has 1 N–H and O–H groups in total. The van der Waals surface area contributed by atoms with E-state index in [1.54, 1.807) is 54.2 Å². The second-order valence-corrected chi connectivity index (χ2v) is 7.86. The predicted molar refractivity (Wildman–Crippen MR) is 119 cm³/mol. The monoisotopic (exact) mass is 453 g/mol. The summed E-state index contributed by atoms with van der Waals surface area (Å²) < 4.78 is 19.4. The Morgan fingerprint density at radius 2 is 1.94 bits per heavy atom. The molecule has 5 nitrogen and oxygen atoms in total. The molecule has 156 valence electrons. The van der Waals surface area contributed by atoms with Crippen LogP contribution in [0.1, 0.15) is 21.6 Å². The third-order valence-corrected chi connectivity index (χ3v) is 5.65. The normalized spacial score (nSPS) is 10.6. The summed E-state index contributed by atoms with van der Waals surface area (Å²) in [6, 6.07) is 15.3. The fourth-order valence-corrected chi connectivity index (χ4v) is 3.97. The van der Waals surface area contributed by atoms with Crippen LogP contribution >= 0.6 is 22.9 Å². The number of halogens is 2. The van der Waals surface area contributed by atoms with E-state index in [4.69, 9.17) is 16.3 Å². The predicted octanol–water partition coefficient (Wildman–Crippen LogP) is 5.51. The summed E-state index contributed by atoms with van der Waals surface area (Å²) in [5, 5.41) is 5.58. The van der Waals surface area contributed by atoms with Crippen molar-refractivity contribution >= 4 is 28.8 Å². The molecule has 2 heterocycles. The number of nitrogens with zero attached hydrogens (tertiary/aromatic N) is 2. The molecule has 0 atom stereocenters.